The fraction of sp³-hybridized carbons (Fsp3) is 0.250. The highest BCUT2D eigenvalue weighted by atomic mass is 16.3. The quantitative estimate of drug-likeness (QED) is 0.525. The van der Waals surface area contributed by atoms with E-state index in [1.165, 1.54) is 6.08 Å². The molecule has 0 radical (unpaired) electrons. The summed E-state index contributed by atoms with van der Waals surface area (Å²) in [6.45, 7) is 4.88. The molecule has 0 spiro atoms. The minimum atomic E-state index is -0.0501. The van der Waals surface area contributed by atoms with Gasteiger partial charge < -0.3 is 31.6 Å². The number of hydrogen-bond donors (Lipinski definition) is 5. The molecule has 1 aromatic carbocycles. The number of H-pyrrole nitrogens is 1. The van der Waals surface area contributed by atoms with Gasteiger partial charge in [0.15, 0.2) is 0 Å². The van der Waals surface area contributed by atoms with Crippen LogP contribution in [0.15, 0.2) is 43.0 Å². The predicted molar refractivity (Wildman–Crippen MR) is 108 cm³/mol. The number of aliphatic hydroxyl groups is 1. The number of hydrogen-bond acceptors (Lipinski definition) is 5. The number of phenolic OH excluding ortho intramolecular Hbond substituents is 1. The topological polar surface area (TPSA) is 129 Å². The van der Waals surface area contributed by atoms with Crippen molar-refractivity contribution in [2.45, 2.75) is 12.3 Å². The number of para-hydroxylation sites is 1. The van der Waals surface area contributed by atoms with Gasteiger partial charge in [-0.15, -0.1) is 0 Å². The van der Waals surface area contributed by atoms with E-state index in [1.54, 1.807) is 29.2 Å². The second kappa shape index (κ2) is 8.95. The summed E-state index contributed by atoms with van der Waals surface area (Å²) in [7, 11) is 1.00. The van der Waals surface area contributed by atoms with Gasteiger partial charge in [0.1, 0.15) is 11.6 Å². The van der Waals surface area contributed by atoms with Crippen LogP contribution >= 0.6 is 0 Å². The Labute approximate surface area is 158 Å². The van der Waals surface area contributed by atoms with Crippen LogP contribution in [0.1, 0.15) is 29.2 Å². The van der Waals surface area contributed by atoms with Crippen LogP contribution in [0, 0.1) is 0 Å². The lowest BCUT2D eigenvalue weighted by atomic mass is 10.0. The second-order valence-electron chi connectivity index (χ2n) is 6.18. The maximum absolute atomic E-state index is 11.7. The number of nitrogens with one attached hydrogen (secondary N) is 1. The molecule has 3 rings (SSSR count). The smallest absolute Gasteiger partial charge is 0.245 e. The van der Waals surface area contributed by atoms with Gasteiger partial charge in [-0.05, 0) is 36.8 Å². The lowest BCUT2D eigenvalue weighted by Gasteiger charge is -2.13. The van der Waals surface area contributed by atoms with E-state index in [0.717, 1.165) is 24.8 Å². The van der Waals surface area contributed by atoms with E-state index >= 15 is 0 Å². The molecule has 7 nitrogen and oxygen atoms in total. The van der Waals surface area contributed by atoms with Crippen LogP contribution < -0.4 is 11.5 Å². The molecule has 2 heterocycles. The number of nitrogens with zero attached hydrogens (tertiary/aromatic N) is 1. The third kappa shape index (κ3) is 4.51. The Balaban J connectivity index is 0.00000126. The number of aromatic hydroxyl groups is 1. The fourth-order valence-corrected chi connectivity index (χ4v) is 3.15. The number of aliphatic hydroxyl groups excluding tert-OH is 1. The molecule has 0 bridgehead atoms. The van der Waals surface area contributed by atoms with E-state index < -0.39 is 0 Å². The first-order chi connectivity index (χ1) is 13.0. The monoisotopic (exact) mass is 370 g/mol. The molecule has 1 aliphatic heterocycles. The number of carbonyl (C=O) groups is 1. The van der Waals surface area contributed by atoms with E-state index in [4.69, 9.17) is 16.6 Å². The lowest BCUT2D eigenvalue weighted by molar-refractivity contribution is -0.125. The molecule has 7 heteroatoms. The zero-order valence-corrected chi connectivity index (χ0v) is 15.4. The number of likely N-dealkylation sites (tertiary alicyclic amines) is 1. The Morgan fingerprint density at radius 1 is 1.37 bits per heavy atom. The van der Waals surface area contributed by atoms with Gasteiger partial charge in [0.05, 0.1) is 0 Å². The van der Waals surface area contributed by atoms with E-state index in [1.807, 2.05) is 12.1 Å². The fourth-order valence-electron chi connectivity index (χ4n) is 3.15. The summed E-state index contributed by atoms with van der Waals surface area (Å²) in [4.78, 5) is 16.7. The van der Waals surface area contributed by atoms with E-state index in [-0.39, 0.29) is 17.6 Å². The summed E-state index contributed by atoms with van der Waals surface area (Å²) in [5.41, 5.74) is 14.9. The van der Waals surface area contributed by atoms with Gasteiger partial charge in [0.25, 0.3) is 0 Å². The number of aromatic nitrogens is 1. The van der Waals surface area contributed by atoms with Gasteiger partial charge in [-0.1, -0.05) is 18.7 Å². The number of nitrogen functional groups attached to an aromatic ring is 1. The van der Waals surface area contributed by atoms with Crippen molar-refractivity contribution >= 4 is 23.5 Å². The van der Waals surface area contributed by atoms with Crippen molar-refractivity contribution in [3.8, 4) is 5.75 Å². The second-order valence-corrected chi connectivity index (χ2v) is 6.18. The maximum Gasteiger partial charge on any atom is 0.245 e. The number of aromatic amines is 1. The molecule has 144 valence electrons. The van der Waals surface area contributed by atoms with Crippen LogP contribution in [0.4, 0.5) is 5.82 Å². The summed E-state index contributed by atoms with van der Waals surface area (Å²) in [6, 6.07) is 8.84. The van der Waals surface area contributed by atoms with Crippen LogP contribution in [0.25, 0.3) is 11.8 Å². The van der Waals surface area contributed by atoms with E-state index in [0.29, 0.717) is 30.2 Å². The number of amides is 1. The number of phenols is 1. The van der Waals surface area contributed by atoms with Crippen molar-refractivity contribution in [2.24, 2.45) is 5.73 Å². The Morgan fingerprint density at radius 3 is 2.74 bits per heavy atom. The highest BCUT2D eigenvalue weighted by molar-refractivity contribution is 5.87. The maximum atomic E-state index is 11.7. The van der Waals surface area contributed by atoms with Crippen LogP contribution in [-0.2, 0) is 4.79 Å². The third-order valence-corrected chi connectivity index (χ3v) is 4.54. The van der Waals surface area contributed by atoms with E-state index in [2.05, 4.69) is 11.6 Å². The molecular weight excluding hydrogens is 344 g/mol. The molecular formula is C20H26N4O3. The number of rotatable bonds is 4. The standard InChI is InChI=1S/C19H22N4O2.CH4O/c1-2-18(25)23-8-7-12(11-23)16-10-13(19(21)22-16)9-15(20)14-5-3-4-6-17(14)24;1-2/h2-6,9-10,12,22,24H,1,7-8,11,20-21H2;2H,1H3/b15-9-;. The van der Waals surface area contributed by atoms with E-state index in [9.17, 15) is 9.90 Å². The number of benzene rings is 1. The first kappa shape index (κ1) is 20.1. The minimum absolute atomic E-state index is 0.0501. The molecule has 1 aromatic heterocycles. The third-order valence-electron chi connectivity index (χ3n) is 4.54. The lowest BCUT2D eigenvalue weighted by Crippen LogP contribution is -2.26. The Kier molecular flexibility index (Phi) is 6.67. The summed E-state index contributed by atoms with van der Waals surface area (Å²) in [5.74, 6) is 0.799. The van der Waals surface area contributed by atoms with Gasteiger partial charge in [0, 0.05) is 48.6 Å². The Hall–Kier alpha value is -3.19. The molecule has 27 heavy (non-hydrogen) atoms. The first-order valence-corrected chi connectivity index (χ1v) is 8.59. The minimum Gasteiger partial charge on any atom is -0.507 e. The predicted octanol–water partition coefficient (Wildman–Crippen LogP) is 1.87. The molecule has 7 N–H and O–H groups in total. The van der Waals surface area contributed by atoms with Gasteiger partial charge in [-0.2, -0.15) is 0 Å². The zero-order chi connectivity index (χ0) is 20.0. The van der Waals surface area contributed by atoms with Crippen molar-refractivity contribution in [3.05, 3.63) is 59.8 Å². The van der Waals surface area contributed by atoms with Crippen LogP contribution in [0.3, 0.4) is 0 Å². The summed E-state index contributed by atoms with van der Waals surface area (Å²) < 4.78 is 0. The zero-order valence-electron chi connectivity index (χ0n) is 15.4. The van der Waals surface area contributed by atoms with Crippen molar-refractivity contribution in [1.29, 1.82) is 0 Å². The molecule has 2 aromatic rings. The normalized spacial score (nSPS) is 16.6. The highest BCUT2D eigenvalue weighted by Gasteiger charge is 2.27. The average Bonchev–Trinajstić information content (AvgIpc) is 3.30. The first-order valence-electron chi connectivity index (χ1n) is 8.59. The summed E-state index contributed by atoms with van der Waals surface area (Å²) in [6.07, 6.45) is 3.95. The molecule has 1 atom stereocenters. The average molecular weight is 370 g/mol. The largest absolute Gasteiger partial charge is 0.507 e. The molecule has 0 aliphatic carbocycles. The number of carbonyl (C=O) groups excluding carboxylic acids is 1. The van der Waals surface area contributed by atoms with Gasteiger partial charge in [-0.25, -0.2) is 0 Å². The SMILES string of the molecule is C=CC(=O)N1CCC(c2cc(/C=C(\N)c3ccccc3O)c(N)[nH]2)C1.CO. The molecule has 1 fully saturated rings. The molecule has 1 aliphatic rings. The van der Waals surface area contributed by atoms with Gasteiger partial charge >= 0.3 is 0 Å². The highest BCUT2D eigenvalue weighted by Crippen LogP contribution is 2.31. The Morgan fingerprint density at radius 2 is 2.07 bits per heavy atom. The van der Waals surface area contributed by atoms with Crippen molar-refractivity contribution < 1.29 is 15.0 Å². The van der Waals surface area contributed by atoms with Gasteiger partial charge in [0.2, 0.25) is 5.91 Å². The molecule has 1 amide bonds. The van der Waals surface area contributed by atoms with Crippen molar-refractivity contribution in [1.82, 2.24) is 9.88 Å². The number of anilines is 1. The van der Waals surface area contributed by atoms with Crippen LogP contribution in [0.2, 0.25) is 0 Å². The molecule has 1 unspecified atom stereocenters. The van der Waals surface area contributed by atoms with Crippen molar-refractivity contribution in [3.63, 3.8) is 0 Å². The summed E-state index contributed by atoms with van der Waals surface area (Å²) in [5, 5.41) is 16.9. The van der Waals surface area contributed by atoms with Gasteiger partial charge in [-0.3, -0.25) is 4.79 Å². The summed E-state index contributed by atoms with van der Waals surface area (Å²) >= 11 is 0. The molecule has 0 saturated carbocycles. The van der Waals surface area contributed by atoms with Crippen molar-refractivity contribution in [2.75, 3.05) is 25.9 Å². The van der Waals surface area contributed by atoms with Crippen LogP contribution in [-0.4, -0.2) is 46.2 Å². The number of nitrogens with two attached hydrogens (primary N) is 2. The molecule has 1 saturated heterocycles. The van der Waals surface area contributed by atoms with Crippen LogP contribution in [0.5, 0.6) is 5.75 Å². The Bertz CT molecular complexity index is 842.